The maximum atomic E-state index is 10.5. The average molecular weight is 306 g/mol. The summed E-state index contributed by atoms with van der Waals surface area (Å²) in [6, 6.07) is 1.30. The van der Waals surface area contributed by atoms with Crippen molar-refractivity contribution in [2.75, 3.05) is 18.5 Å². The Bertz CT molecular complexity index is 423. The van der Waals surface area contributed by atoms with Gasteiger partial charge in [0.1, 0.15) is 12.0 Å². The van der Waals surface area contributed by atoms with Gasteiger partial charge in [0.2, 0.25) is 0 Å². The van der Waals surface area contributed by atoms with Crippen LogP contribution in [0.3, 0.4) is 0 Å². The summed E-state index contributed by atoms with van der Waals surface area (Å²) in [5.41, 5.74) is -1.08. The van der Waals surface area contributed by atoms with Crippen molar-refractivity contribution in [1.29, 1.82) is 0 Å². The maximum absolute atomic E-state index is 10.5. The van der Waals surface area contributed by atoms with Crippen molar-refractivity contribution in [3.63, 3.8) is 0 Å². The van der Waals surface area contributed by atoms with Crippen LogP contribution < -0.4 is 5.32 Å². The molecule has 0 unspecified atom stereocenters. The van der Waals surface area contributed by atoms with E-state index in [2.05, 4.69) is 26.2 Å². The lowest BCUT2D eigenvalue weighted by atomic mass is 10.1. The zero-order chi connectivity index (χ0) is 13.1. The second-order valence-corrected chi connectivity index (χ2v) is 4.64. The molecule has 17 heavy (non-hydrogen) atoms. The largest absolute Gasteiger partial charge is 0.394 e. The smallest absolute Gasteiger partial charge is 0.288 e. The van der Waals surface area contributed by atoms with Gasteiger partial charge in [0.25, 0.3) is 5.69 Å². The van der Waals surface area contributed by atoms with E-state index >= 15 is 0 Å². The highest BCUT2D eigenvalue weighted by atomic mass is 79.9. The van der Waals surface area contributed by atoms with E-state index in [0.717, 1.165) is 6.20 Å². The van der Waals surface area contributed by atoms with Gasteiger partial charge in [-0.25, -0.2) is 4.98 Å². The summed E-state index contributed by atoms with van der Waals surface area (Å²) in [6.07, 6.45) is 1.10. The molecule has 0 spiro atoms. The van der Waals surface area contributed by atoms with Crippen molar-refractivity contribution in [2.45, 2.75) is 12.5 Å². The Hall–Kier alpha value is -1.25. The van der Waals surface area contributed by atoms with Crippen LogP contribution in [0.4, 0.5) is 11.5 Å². The van der Waals surface area contributed by atoms with E-state index in [1.807, 2.05) is 0 Å². The number of nitrogens with one attached hydrogen (secondary N) is 1. The summed E-state index contributed by atoms with van der Waals surface area (Å²) in [6.45, 7) is 1.01. The molecule has 8 heteroatoms. The molecule has 3 N–H and O–H groups in total. The van der Waals surface area contributed by atoms with E-state index in [1.165, 1.54) is 6.07 Å². The molecule has 0 aliphatic heterocycles. The van der Waals surface area contributed by atoms with E-state index in [9.17, 15) is 10.1 Å². The predicted octanol–water partition coefficient (Wildman–Crippen LogP) is 0.908. The average Bonchev–Trinajstić information content (AvgIpc) is 2.31. The third kappa shape index (κ3) is 3.35. The molecule has 0 bridgehead atoms. The SMILES string of the molecule is CC(CO)(CO)Nc1ncc([N+](=O)[O-])cc1Br. The Morgan fingerprint density at radius 2 is 2.18 bits per heavy atom. The number of rotatable bonds is 5. The number of nitro groups is 1. The van der Waals surface area contributed by atoms with Crippen LogP contribution in [0.2, 0.25) is 0 Å². The lowest BCUT2D eigenvalue weighted by Crippen LogP contribution is -2.42. The fraction of sp³-hybridized carbons (Fsp3) is 0.444. The molecule has 0 aliphatic carbocycles. The lowest BCUT2D eigenvalue weighted by molar-refractivity contribution is -0.385. The zero-order valence-corrected chi connectivity index (χ0v) is 10.6. The summed E-state index contributed by atoms with van der Waals surface area (Å²) in [4.78, 5) is 13.8. The highest BCUT2D eigenvalue weighted by Crippen LogP contribution is 2.26. The molecule has 7 nitrogen and oxygen atoms in total. The van der Waals surface area contributed by atoms with Crippen molar-refractivity contribution < 1.29 is 15.1 Å². The van der Waals surface area contributed by atoms with Gasteiger partial charge in [0.05, 0.1) is 28.1 Å². The number of aromatic nitrogens is 1. The van der Waals surface area contributed by atoms with Gasteiger partial charge >= 0.3 is 0 Å². The minimum absolute atomic E-state index is 0.142. The normalized spacial score (nSPS) is 11.3. The van der Waals surface area contributed by atoms with Crippen molar-refractivity contribution in [3.05, 3.63) is 26.9 Å². The number of hydrogen-bond acceptors (Lipinski definition) is 6. The van der Waals surface area contributed by atoms with Crippen molar-refractivity contribution in [3.8, 4) is 0 Å². The summed E-state index contributed by atoms with van der Waals surface area (Å²) in [5, 5.41) is 31.5. The standard InChI is InChI=1S/C9H12BrN3O4/c1-9(4-14,5-15)12-8-7(10)2-6(3-11-8)13(16)17/h2-3,14-15H,4-5H2,1H3,(H,11,12). The second-order valence-electron chi connectivity index (χ2n) is 3.78. The predicted molar refractivity (Wildman–Crippen MR) is 64.8 cm³/mol. The number of hydrogen-bond donors (Lipinski definition) is 3. The Balaban J connectivity index is 2.97. The highest BCUT2D eigenvalue weighted by molar-refractivity contribution is 9.10. The molecule has 0 saturated heterocycles. The van der Waals surface area contributed by atoms with Crippen molar-refractivity contribution in [2.24, 2.45) is 0 Å². The van der Waals surface area contributed by atoms with Gasteiger partial charge in [-0.05, 0) is 22.9 Å². The molecule has 94 valence electrons. The second kappa shape index (κ2) is 5.39. The molecule has 0 radical (unpaired) electrons. The van der Waals surface area contributed by atoms with Crippen LogP contribution in [0, 0.1) is 10.1 Å². The minimum Gasteiger partial charge on any atom is -0.394 e. The van der Waals surface area contributed by atoms with Crippen molar-refractivity contribution in [1.82, 2.24) is 4.98 Å². The van der Waals surface area contributed by atoms with Crippen LogP contribution in [0.1, 0.15) is 6.92 Å². The van der Waals surface area contributed by atoms with Gasteiger partial charge in [-0.1, -0.05) is 0 Å². The number of pyridine rings is 1. The molecule has 0 saturated carbocycles. The number of anilines is 1. The number of aliphatic hydroxyl groups excluding tert-OH is 2. The van der Waals surface area contributed by atoms with Gasteiger partial charge in [-0.15, -0.1) is 0 Å². The molecule has 0 atom stereocenters. The number of halogens is 1. The Morgan fingerprint density at radius 3 is 2.59 bits per heavy atom. The third-order valence-electron chi connectivity index (χ3n) is 2.16. The monoisotopic (exact) mass is 305 g/mol. The molecule has 0 amide bonds. The molecule has 0 aromatic carbocycles. The molecule has 0 aliphatic rings. The molecular formula is C9H12BrN3O4. The first-order valence-electron chi connectivity index (χ1n) is 4.72. The van der Waals surface area contributed by atoms with E-state index in [1.54, 1.807) is 6.92 Å². The summed E-state index contributed by atoms with van der Waals surface area (Å²) in [5.74, 6) is 0.321. The number of aliphatic hydroxyl groups is 2. The highest BCUT2D eigenvalue weighted by Gasteiger charge is 2.24. The molecule has 0 fully saturated rings. The molecule has 1 aromatic heterocycles. The first kappa shape index (κ1) is 13.8. The number of nitrogens with zero attached hydrogens (tertiary/aromatic N) is 2. The summed E-state index contributed by atoms with van der Waals surface area (Å²) in [7, 11) is 0. The topological polar surface area (TPSA) is 109 Å². The van der Waals surface area contributed by atoms with Crippen molar-refractivity contribution >= 4 is 27.4 Å². The van der Waals surface area contributed by atoms with Gasteiger partial charge in [0.15, 0.2) is 0 Å². The third-order valence-corrected chi connectivity index (χ3v) is 2.76. The van der Waals surface area contributed by atoms with Crippen LogP contribution in [-0.2, 0) is 0 Å². The summed E-state index contributed by atoms with van der Waals surface area (Å²) < 4.78 is 0.389. The fourth-order valence-electron chi connectivity index (χ4n) is 1.03. The van der Waals surface area contributed by atoms with E-state index in [0.29, 0.717) is 10.3 Å². The van der Waals surface area contributed by atoms with Crippen LogP contribution in [0.15, 0.2) is 16.7 Å². The Labute approximate surface area is 106 Å². The van der Waals surface area contributed by atoms with Crippen LogP contribution in [-0.4, -0.2) is 38.9 Å². The quantitative estimate of drug-likeness (QED) is 0.551. The zero-order valence-electron chi connectivity index (χ0n) is 9.05. The molecule has 1 rings (SSSR count). The Kier molecular flexibility index (Phi) is 4.38. The van der Waals surface area contributed by atoms with Gasteiger partial charge < -0.3 is 15.5 Å². The summed E-state index contributed by atoms with van der Waals surface area (Å²) >= 11 is 3.13. The molecule has 1 aromatic rings. The maximum Gasteiger partial charge on any atom is 0.288 e. The van der Waals surface area contributed by atoms with Gasteiger partial charge in [0, 0.05) is 6.07 Å². The minimum atomic E-state index is -0.939. The van der Waals surface area contributed by atoms with E-state index < -0.39 is 10.5 Å². The van der Waals surface area contributed by atoms with Gasteiger partial charge in [-0.2, -0.15) is 0 Å². The van der Waals surface area contributed by atoms with Crippen LogP contribution in [0.5, 0.6) is 0 Å². The Morgan fingerprint density at radius 1 is 1.59 bits per heavy atom. The first-order chi connectivity index (χ1) is 7.91. The molecular weight excluding hydrogens is 294 g/mol. The van der Waals surface area contributed by atoms with Crippen LogP contribution in [0.25, 0.3) is 0 Å². The van der Waals surface area contributed by atoms with E-state index in [-0.39, 0.29) is 18.9 Å². The lowest BCUT2D eigenvalue weighted by Gasteiger charge is -2.27. The molecule has 1 heterocycles. The van der Waals surface area contributed by atoms with Crippen LogP contribution >= 0.6 is 15.9 Å². The first-order valence-corrected chi connectivity index (χ1v) is 5.51. The van der Waals surface area contributed by atoms with E-state index in [4.69, 9.17) is 10.2 Å². The fourth-order valence-corrected chi connectivity index (χ4v) is 1.47. The van der Waals surface area contributed by atoms with Gasteiger partial charge in [-0.3, -0.25) is 10.1 Å².